The summed E-state index contributed by atoms with van der Waals surface area (Å²) in [5, 5.41) is 43.4. The molecule has 4 unspecified atom stereocenters. The smallest absolute Gasteiger partial charge is 0.249 e. The summed E-state index contributed by atoms with van der Waals surface area (Å²) in [6.07, 6.45) is 37.8. The first-order valence-corrected chi connectivity index (χ1v) is 19.7. The molecule has 4 atom stereocenters. The van der Waals surface area contributed by atoms with Gasteiger partial charge in [0.2, 0.25) is 5.91 Å². The summed E-state index contributed by atoms with van der Waals surface area (Å²) >= 11 is 0. The molecule has 5 N–H and O–H groups in total. The lowest BCUT2D eigenvalue weighted by molar-refractivity contribution is -0.132. The number of carbonyl (C=O) groups is 1. The van der Waals surface area contributed by atoms with E-state index in [9.17, 15) is 25.2 Å². The van der Waals surface area contributed by atoms with Crippen LogP contribution in [0.25, 0.3) is 0 Å². The lowest BCUT2D eigenvalue weighted by Gasteiger charge is -2.27. The first-order valence-electron chi connectivity index (χ1n) is 19.7. The van der Waals surface area contributed by atoms with Crippen LogP contribution in [0.4, 0.5) is 0 Å². The van der Waals surface area contributed by atoms with Crippen LogP contribution in [0.3, 0.4) is 0 Å². The maximum absolute atomic E-state index is 12.4. The molecule has 0 aromatic rings. The average Bonchev–Trinajstić information content (AvgIpc) is 3.06. The highest BCUT2D eigenvalue weighted by molar-refractivity contribution is 5.80. The first kappa shape index (κ1) is 44.8. The molecular formula is C40H77NO5. The van der Waals surface area contributed by atoms with Gasteiger partial charge in [-0.1, -0.05) is 154 Å². The van der Waals surface area contributed by atoms with Crippen LogP contribution in [0.5, 0.6) is 0 Å². The van der Waals surface area contributed by atoms with E-state index in [-0.39, 0.29) is 0 Å². The molecule has 0 aromatic heterocycles. The van der Waals surface area contributed by atoms with Gasteiger partial charge in [0.15, 0.2) is 0 Å². The van der Waals surface area contributed by atoms with Crippen LogP contribution in [0, 0.1) is 0 Å². The number of nitrogens with one attached hydrogen (secondary N) is 1. The number of unbranched alkanes of at least 4 members (excludes halogenated alkanes) is 22. The monoisotopic (exact) mass is 652 g/mol. The molecule has 0 rings (SSSR count). The predicted octanol–water partition coefficient (Wildman–Crippen LogP) is 9.62. The lowest BCUT2D eigenvalue weighted by atomic mass is 10.00. The van der Waals surface area contributed by atoms with Crippen molar-refractivity contribution in [3.8, 4) is 0 Å². The van der Waals surface area contributed by atoms with Gasteiger partial charge in [-0.3, -0.25) is 4.79 Å². The fourth-order valence-electron chi connectivity index (χ4n) is 5.93. The molecule has 6 nitrogen and oxygen atoms in total. The number of aliphatic hydroxyl groups excluding tert-OH is 4. The van der Waals surface area contributed by atoms with Crippen LogP contribution in [-0.4, -0.2) is 57.3 Å². The van der Waals surface area contributed by atoms with E-state index < -0.39 is 36.9 Å². The van der Waals surface area contributed by atoms with E-state index in [1.54, 1.807) is 0 Å². The van der Waals surface area contributed by atoms with Crippen molar-refractivity contribution in [3.63, 3.8) is 0 Å². The molecule has 272 valence electrons. The van der Waals surface area contributed by atoms with Crippen LogP contribution in [-0.2, 0) is 4.79 Å². The van der Waals surface area contributed by atoms with Crippen molar-refractivity contribution in [3.05, 3.63) is 24.3 Å². The first-order chi connectivity index (χ1) is 22.5. The number of hydrogen-bond acceptors (Lipinski definition) is 5. The van der Waals surface area contributed by atoms with Gasteiger partial charge in [-0.25, -0.2) is 0 Å². The molecule has 0 aliphatic heterocycles. The Bertz CT molecular complexity index is 697. The molecular weight excluding hydrogens is 574 g/mol. The van der Waals surface area contributed by atoms with E-state index in [0.29, 0.717) is 12.8 Å². The number of amides is 1. The van der Waals surface area contributed by atoms with Crippen molar-refractivity contribution < 1.29 is 25.2 Å². The second-order valence-electron chi connectivity index (χ2n) is 13.6. The standard InChI is InChI=1S/C40H77NO5/c1-3-5-7-9-11-13-15-16-17-18-19-20-21-22-24-26-28-30-32-34-38(44)40(46)41-36(35-42)39(45)37(43)33-31-29-27-25-23-14-12-10-8-6-4-2/h19-20,25,27,36-39,42-45H,3-18,21-24,26,28-35H2,1-2H3,(H,41,46)/b20-19-,27-25+. The van der Waals surface area contributed by atoms with Crippen molar-refractivity contribution in [2.75, 3.05) is 6.61 Å². The Labute approximate surface area is 284 Å². The van der Waals surface area contributed by atoms with E-state index in [4.69, 9.17) is 0 Å². The molecule has 46 heavy (non-hydrogen) atoms. The topological polar surface area (TPSA) is 110 Å². The third-order valence-corrected chi connectivity index (χ3v) is 9.13. The summed E-state index contributed by atoms with van der Waals surface area (Å²) in [5.41, 5.74) is 0. The zero-order valence-electron chi connectivity index (χ0n) is 30.3. The molecule has 0 aromatic carbocycles. The van der Waals surface area contributed by atoms with Crippen molar-refractivity contribution in [1.29, 1.82) is 0 Å². The molecule has 0 fully saturated rings. The lowest BCUT2D eigenvalue weighted by Crippen LogP contribution is -2.53. The average molecular weight is 652 g/mol. The third-order valence-electron chi connectivity index (χ3n) is 9.13. The Balaban J connectivity index is 3.80. The highest BCUT2D eigenvalue weighted by Crippen LogP contribution is 2.14. The van der Waals surface area contributed by atoms with E-state index in [1.807, 2.05) is 0 Å². The van der Waals surface area contributed by atoms with E-state index in [0.717, 1.165) is 44.9 Å². The molecule has 0 saturated carbocycles. The van der Waals surface area contributed by atoms with E-state index in [2.05, 4.69) is 43.5 Å². The summed E-state index contributed by atoms with van der Waals surface area (Å²) in [7, 11) is 0. The van der Waals surface area contributed by atoms with Gasteiger partial charge in [-0.2, -0.15) is 0 Å². The van der Waals surface area contributed by atoms with Crippen molar-refractivity contribution >= 4 is 5.91 Å². The zero-order valence-corrected chi connectivity index (χ0v) is 30.3. The van der Waals surface area contributed by atoms with Gasteiger partial charge >= 0.3 is 0 Å². The normalized spacial score (nSPS) is 14.7. The minimum Gasteiger partial charge on any atom is -0.394 e. The Kier molecular flexibility index (Phi) is 34.2. The Morgan fingerprint density at radius 2 is 0.891 bits per heavy atom. The van der Waals surface area contributed by atoms with Crippen LogP contribution in [0.2, 0.25) is 0 Å². The molecule has 0 radical (unpaired) electrons. The number of allylic oxidation sites excluding steroid dienone is 4. The van der Waals surface area contributed by atoms with Gasteiger partial charge in [0, 0.05) is 0 Å². The van der Waals surface area contributed by atoms with Crippen molar-refractivity contribution in [1.82, 2.24) is 5.32 Å². The Morgan fingerprint density at radius 3 is 1.30 bits per heavy atom. The molecule has 0 bridgehead atoms. The highest BCUT2D eigenvalue weighted by Gasteiger charge is 2.28. The molecule has 6 heteroatoms. The van der Waals surface area contributed by atoms with Gasteiger partial charge in [0.1, 0.15) is 12.2 Å². The number of hydrogen-bond donors (Lipinski definition) is 5. The largest absolute Gasteiger partial charge is 0.394 e. The SMILES string of the molecule is CCCCCCCC/C=C/CCCC(O)C(O)C(CO)NC(=O)C(O)CCCCCCCC/C=C\CCCCCCCCCCC. The maximum Gasteiger partial charge on any atom is 0.249 e. The van der Waals surface area contributed by atoms with Gasteiger partial charge in [0.05, 0.1) is 18.8 Å². The Morgan fingerprint density at radius 1 is 0.522 bits per heavy atom. The summed E-state index contributed by atoms with van der Waals surface area (Å²) in [6, 6.07) is -1.00. The third kappa shape index (κ3) is 29.0. The fourth-order valence-corrected chi connectivity index (χ4v) is 5.93. The highest BCUT2D eigenvalue weighted by atomic mass is 16.3. The second kappa shape index (κ2) is 35.1. The Hall–Kier alpha value is -1.21. The summed E-state index contributed by atoms with van der Waals surface area (Å²) in [5.74, 6) is -0.600. The van der Waals surface area contributed by atoms with Gasteiger partial charge in [-0.05, 0) is 64.2 Å². The summed E-state index contributed by atoms with van der Waals surface area (Å²) < 4.78 is 0. The minimum absolute atomic E-state index is 0.356. The summed E-state index contributed by atoms with van der Waals surface area (Å²) in [6.45, 7) is 4.00. The zero-order chi connectivity index (χ0) is 33.9. The molecule has 0 aliphatic carbocycles. The molecule has 0 heterocycles. The van der Waals surface area contributed by atoms with Gasteiger partial charge in [0.25, 0.3) is 0 Å². The minimum atomic E-state index is -1.28. The predicted molar refractivity (Wildman–Crippen MR) is 196 cm³/mol. The molecule has 1 amide bonds. The second-order valence-corrected chi connectivity index (χ2v) is 13.6. The van der Waals surface area contributed by atoms with Crippen molar-refractivity contribution in [2.45, 2.75) is 218 Å². The fraction of sp³-hybridized carbons (Fsp3) is 0.875. The molecule has 0 aliphatic rings. The summed E-state index contributed by atoms with van der Waals surface area (Å²) in [4.78, 5) is 12.4. The van der Waals surface area contributed by atoms with Crippen LogP contribution in [0.1, 0.15) is 194 Å². The number of aliphatic hydroxyl groups is 4. The van der Waals surface area contributed by atoms with Crippen LogP contribution >= 0.6 is 0 Å². The van der Waals surface area contributed by atoms with Gasteiger partial charge < -0.3 is 25.7 Å². The van der Waals surface area contributed by atoms with Gasteiger partial charge in [-0.15, -0.1) is 0 Å². The number of carbonyl (C=O) groups excluding carboxylic acids is 1. The number of rotatable bonds is 35. The van der Waals surface area contributed by atoms with Crippen molar-refractivity contribution in [2.24, 2.45) is 0 Å². The quantitative estimate of drug-likeness (QED) is 0.0346. The van der Waals surface area contributed by atoms with Crippen LogP contribution < -0.4 is 5.32 Å². The van der Waals surface area contributed by atoms with Crippen LogP contribution in [0.15, 0.2) is 24.3 Å². The molecule has 0 saturated heterocycles. The molecule has 0 spiro atoms. The maximum atomic E-state index is 12.4. The van der Waals surface area contributed by atoms with E-state index in [1.165, 1.54) is 122 Å². The van der Waals surface area contributed by atoms with E-state index >= 15 is 0 Å².